The SMILES string of the molecule is CCC(CC)c1nc(N)c(N)nc1C. The van der Waals surface area contributed by atoms with E-state index < -0.39 is 0 Å². The van der Waals surface area contributed by atoms with E-state index in [9.17, 15) is 0 Å². The van der Waals surface area contributed by atoms with Crippen LogP contribution in [0.15, 0.2) is 0 Å². The first-order valence-electron chi connectivity index (χ1n) is 4.99. The third-order valence-electron chi connectivity index (χ3n) is 2.53. The first-order valence-corrected chi connectivity index (χ1v) is 4.99. The number of anilines is 2. The highest BCUT2D eigenvalue weighted by molar-refractivity contribution is 5.53. The Hall–Kier alpha value is -1.32. The average Bonchev–Trinajstić information content (AvgIpc) is 2.15. The van der Waals surface area contributed by atoms with Gasteiger partial charge in [0.2, 0.25) is 0 Å². The van der Waals surface area contributed by atoms with Gasteiger partial charge in [-0.1, -0.05) is 13.8 Å². The van der Waals surface area contributed by atoms with Crippen LogP contribution in [0.4, 0.5) is 11.6 Å². The van der Waals surface area contributed by atoms with Gasteiger partial charge in [0, 0.05) is 5.92 Å². The minimum Gasteiger partial charge on any atom is -0.381 e. The van der Waals surface area contributed by atoms with Crippen LogP contribution < -0.4 is 11.5 Å². The zero-order chi connectivity index (χ0) is 10.7. The largest absolute Gasteiger partial charge is 0.381 e. The van der Waals surface area contributed by atoms with Crippen LogP contribution in [0.5, 0.6) is 0 Å². The van der Waals surface area contributed by atoms with Gasteiger partial charge in [0.15, 0.2) is 11.6 Å². The zero-order valence-electron chi connectivity index (χ0n) is 9.04. The Labute approximate surface area is 84.7 Å². The Morgan fingerprint density at radius 2 is 1.57 bits per heavy atom. The number of hydrogen-bond donors (Lipinski definition) is 2. The summed E-state index contributed by atoms with van der Waals surface area (Å²) in [6, 6.07) is 0. The maximum absolute atomic E-state index is 5.64. The molecule has 78 valence electrons. The normalized spacial score (nSPS) is 10.9. The molecular formula is C10H18N4. The molecule has 0 radical (unpaired) electrons. The molecule has 0 saturated carbocycles. The Balaban J connectivity index is 3.14. The molecule has 1 rings (SSSR count). The fourth-order valence-electron chi connectivity index (χ4n) is 1.63. The Morgan fingerprint density at radius 1 is 1.07 bits per heavy atom. The minimum atomic E-state index is 0.331. The summed E-state index contributed by atoms with van der Waals surface area (Å²) < 4.78 is 0. The topological polar surface area (TPSA) is 77.8 Å². The summed E-state index contributed by atoms with van der Waals surface area (Å²) >= 11 is 0. The molecular weight excluding hydrogens is 176 g/mol. The van der Waals surface area contributed by atoms with E-state index in [0.717, 1.165) is 24.2 Å². The fourth-order valence-corrected chi connectivity index (χ4v) is 1.63. The predicted octanol–water partition coefficient (Wildman–Crippen LogP) is 1.85. The molecule has 0 aliphatic heterocycles. The zero-order valence-corrected chi connectivity index (χ0v) is 9.04. The van der Waals surface area contributed by atoms with Gasteiger partial charge in [-0.2, -0.15) is 0 Å². The van der Waals surface area contributed by atoms with Crippen molar-refractivity contribution < 1.29 is 0 Å². The van der Waals surface area contributed by atoms with Crippen LogP contribution in [0.25, 0.3) is 0 Å². The van der Waals surface area contributed by atoms with Gasteiger partial charge in [-0.05, 0) is 19.8 Å². The van der Waals surface area contributed by atoms with Gasteiger partial charge < -0.3 is 11.5 Å². The lowest BCUT2D eigenvalue weighted by molar-refractivity contribution is 0.616. The molecule has 0 aliphatic carbocycles. The second-order valence-corrected chi connectivity index (χ2v) is 3.48. The molecule has 0 spiro atoms. The van der Waals surface area contributed by atoms with Crippen LogP contribution in [-0.2, 0) is 0 Å². The van der Waals surface area contributed by atoms with Crippen LogP contribution in [-0.4, -0.2) is 9.97 Å². The summed E-state index contributed by atoms with van der Waals surface area (Å²) in [4.78, 5) is 8.48. The van der Waals surface area contributed by atoms with E-state index in [1.54, 1.807) is 0 Å². The van der Waals surface area contributed by atoms with E-state index in [1.807, 2.05) is 6.92 Å². The molecule has 0 amide bonds. The van der Waals surface area contributed by atoms with E-state index in [-0.39, 0.29) is 0 Å². The van der Waals surface area contributed by atoms with Crippen molar-refractivity contribution in [3.8, 4) is 0 Å². The van der Waals surface area contributed by atoms with Gasteiger partial charge in [-0.3, -0.25) is 0 Å². The Kier molecular flexibility index (Phi) is 3.28. The van der Waals surface area contributed by atoms with Crippen molar-refractivity contribution in [1.82, 2.24) is 9.97 Å². The summed E-state index contributed by atoms with van der Waals surface area (Å²) in [7, 11) is 0. The number of rotatable bonds is 3. The lowest BCUT2D eigenvalue weighted by Crippen LogP contribution is -2.09. The second kappa shape index (κ2) is 4.26. The number of nitrogens with two attached hydrogens (primary N) is 2. The number of nitrogens with zero attached hydrogens (tertiary/aromatic N) is 2. The van der Waals surface area contributed by atoms with Crippen molar-refractivity contribution >= 4 is 11.6 Å². The van der Waals surface area contributed by atoms with Crippen LogP contribution in [0.1, 0.15) is 44.0 Å². The van der Waals surface area contributed by atoms with Gasteiger partial charge >= 0.3 is 0 Å². The highest BCUT2D eigenvalue weighted by atomic mass is 15.0. The lowest BCUT2D eigenvalue weighted by atomic mass is 9.98. The molecule has 4 heteroatoms. The Bertz CT molecular complexity index is 318. The standard InChI is InChI=1S/C10H18N4/c1-4-7(5-2)8-6(3)13-9(11)10(12)14-8/h7H,4-5H2,1-3H3,(H2,11,13)(H2,12,14). The molecule has 14 heavy (non-hydrogen) atoms. The van der Waals surface area contributed by atoms with E-state index in [0.29, 0.717) is 17.6 Å². The number of aromatic nitrogens is 2. The fraction of sp³-hybridized carbons (Fsp3) is 0.600. The molecule has 1 aromatic rings. The van der Waals surface area contributed by atoms with Crippen molar-refractivity contribution in [2.45, 2.75) is 39.5 Å². The average molecular weight is 194 g/mol. The summed E-state index contributed by atoms with van der Waals surface area (Å²) in [6.07, 6.45) is 2.10. The molecule has 0 unspecified atom stereocenters. The molecule has 0 fully saturated rings. The number of hydrogen-bond acceptors (Lipinski definition) is 4. The van der Waals surface area contributed by atoms with Crippen molar-refractivity contribution in [3.63, 3.8) is 0 Å². The summed E-state index contributed by atoms with van der Waals surface area (Å²) in [5, 5.41) is 0. The van der Waals surface area contributed by atoms with E-state index in [2.05, 4.69) is 23.8 Å². The quantitative estimate of drug-likeness (QED) is 0.769. The van der Waals surface area contributed by atoms with E-state index in [4.69, 9.17) is 11.5 Å². The molecule has 1 aromatic heterocycles. The number of aryl methyl sites for hydroxylation is 1. The predicted molar refractivity (Wildman–Crippen MR) is 58.9 cm³/mol. The third-order valence-corrected chi connectivity index (χ3v) is 2.53. The van der Waals surface area contributed by atoms with E-state index >= 15 is 0 Å². The van der Waals surface area contributed by atoms with Crippen LogP contribution >= 0.6 is 0 Å². The third kappa shape index (κ3) is 1.95. The van der Waals surface area contributed by atoms with Gasteiger partial charge in [0.25, 0.3) is 0 Å². The van der Waals surface area contributed by atoms with Crippen LogP contribution in [0, 0.1) is 6.92 Å². The molecule has 0 aromatic carbocycles. The molecule has 4 N–H and O–H groups in total. The van der Waals surface area contributed by atoms with Crippen molar-refractivity contribution in [2.75, 3.05) is 11.5 Å². The molecule has 0 saturated heterocycles. The molecule has 4 nitrogen and oxygen atoms in total. The highest BCUT2D eigenvalue weighted by Gasteiger charge is 2.14. The molecule has 1 heterocycles. The molecule has 0 atom stereocenters. The van der Waals surface area contributed by atoms with Gasteiger partial charge in [-0.15, -0.1) is 0 Å². The Morgan fingerprint density at radius 3 is 2.07 bits per heavy atom. The summed E-state index contributed by atoms with van der Waals surface area (Å²) in [5.74, 6) is 1.11. The summed E-state index contributed by atoms with van der Waals surface area (Å²) in [5.41, 5.74) is 13.1. The van der Waals surface area contributed by atoms with Crippen molar-refractivity contribution in [2.24, 2.45) is 0 Å². The lowest BCUT2D eigenvalue weighted by Gasteiger charge is -2.14. The second-order valence-electron chi connectivity index (χ2n) is 3.48. The monoisotopic (exact) mass is 194 g/mol. The maximum Gasteiger partial charge on any atom is 0.166 e. The summed E-state index contributed by atoms with van der Waals surface area (Å²) in [6.45, 7) is 6.21. The maximum atomic E-state index is 5.64. The molecule has 0 bridgehead atoms. The minimum absolute atomic E-state index is 0.331. The molecule has 0 aliphatic rings. The smallest absolute Gasteiger partial charge is 0.166 e. The number of nitrogen functional groups attached to an aromatic ring is 2. The first kappa shape index (κ1) is 10.8. The first-order chi connectivity index (χ1) is 6.60. The van der Waals surface area contributed by atoms with Crippen LogP contribution in [0.3, 0.4) is 0 Å². The van der Waals surface area contributed by atoms with Crippen molar-refractivity contribution in [3.05, 3.63) is 11.4 Å². The van der Waals surface area contributed by atoms with E-state index in [1.165, 1.54) is 0 Å². The van der Waals surface area contributed by atoms with Crippen LogP contribution in [0.2, 0.25) is 0 Å². The van der Waals surface area contributed by atoms with Crippen molar-refractivity contribution in [1.29, 1.82) is 0 Å². The van der Waals surface area contributed by atoms with Gasteiger partial charge in [0.1, 0.15) is 0 Å². The van der Waals surface area contributed by atoms with Gasteiger partial charge in [0.05, 0.1) is 11.4 Å². The van der Waals surface area contributed by atoms with Gasteiger partial charge in [-0.25, -0.2) is 9.97 Å². The highest BCUT2D eigenvalue weighted by Crippen LogP contribution is 2.25.